The molecule has 2 aromatic rings. The number of hydrogen-bond donors (Lipinski definition) is 2. The fraction of sp³-hybridized carbons (Fsp3) is 0.500. The number of urea groups is 1. The van der Waals surface area contributed by atoms with Crippen LogP contribution in [-0.4, -0.2) is 62.2 Å². The number of anilines is 1. The third kappa shape index (κ3) is 5.70. The Morgan fingerprint density at radius 3 is 2.56 bits per heavy atom. The number of hydrogen-bond acceptors (Lipinski definition) is 7. The molecule has 172 valence electrons. The SMILES string of the molecule is C[C@H]1OC(C)(C)N(C(=O)OC(C)(C)C)[C@@H]1CNC(=O)Nc1nncc(-c2ccccc2)n1. The van der Waals surface area contributed by atoms with Gasteiger partial charge in [0, 0.05) is 12.1 Å². The summed E-state index contributed by atoms with van der Waals surface area (Å²) in [6.45, 7) is 11.0. The Labute approximate surface area is 187 Å². The van der Waals surface area contributed by atoms with Crippen LogP contribution in [0.3, 0.4) is 0 Å². The summed E-state index contributed by atoms with van der Waals surface area (Å²) < 4.78 is 11.5. The second-order valence-corrected chi connectivity index (χ2v) is 9.05. The highest BCUT2D eigenvalue weighted by Gasteiger charge is 2.49. The number of carbonyl (C=O) groups excluding carboxylic acids is 2. The van der Waals surface area contributed by atoms with Crippen molar-refractivity contribution in [3.05, 3.63) is 36.5 Å². The summed E-state index contributed by atoms with van der Waals surface area (Å²) in [7, 11) is 0. The second kappa shape index (κ2) is 9.07. The summed E-state index contributed by atoms with van der Waals surface area (Å²) in [5.41, 5.74) is -0.0750. The number of aromatic nitrogens is 3. The molecule has 0 bridgehead atoms. The normalized spacial score (nSPS) is 20.0. The van der Waals surface area contributed by atoms with Crippen molar-refractivity contribution < 1.29 is 19.1 Å². The highest BCUT2D eigenvalue weighted by molar-refractivity contribution is 5.87. The molecule has 3 rings (SSSR count). The topological polar surface area (TPSA) is 119 Å². The maximum absolute atomic E-state index is 12.8. The van der Waals surface area contributed by atoms with Crippen LogP contribution in [0.4, 0.5) is 15.5 Å². The Kier molecular flexibility index (Phi) is 6.63. The molecule has 0 saturated carbocycles. The van der Waals surface area contributed by atoms with Gasteiger partial charge in [-0.05, 0) is 41.5 Å². The molecule has 1 saturated heterocycles. The fourth-order valence-electron chi connectivity index (χ4n) is 3.57. The van der Waals surface area contributed by atoms with Gasteiger partial charge >= 0.3 is 12.1 Å². The molecule has 2 atom stereocenters. The maximum atomic E-state index is 12.8. The van der Waals surface area contributed by atoms with E-state index in [0.717, 1.165) is 5.56 Å². The molecular weight excluding hydrogens is 412 g/mol. The van der Waals surface area contributed by atoms with E-state index in [2.05, 4.69) is 25.8 Å². The van der Waals surface area contributed by atoms with Crippen LogP contribution in [0.1, 0.15) is 41.5 Å². The van der Waals surface area contributed by atoms with Gasteiger partial charge in [0.1, 0.15) is 11.3 Å². The Bertz CT molecular complexity index is 960. The largest absolute Gasteiger partial charge is 0.444 e. The summed E-state index contributed by atoms with van der Waals surface area (Å²) in [6.07, 6.45) is 0.718. The first-order valence-electron chi connectivity index (χ1n) is 10.5. The highest BCUT2D eigenvalue weighted by atomic mass is 16.6. The number of rotatable bonds is 4. The zero-order valence-electron chi connectivity index (χ0n) is 19.2. The molecule has 32 heavy (non-hydrogen) atoms. The number of nitrogens with zero attached hydrogens (tertiary/aromatic N) is 4. The molecule has 1 aromatic carbocycles. The first-order valence-corrected chi connectivity index (χ1v) is 10.5. The van der Waals surface area contributed by atoms with Gasteiger partial charge < -0.3 is 14.8 Å². The van der Waals surface area contributed by atoms with Crippen LogP contribution in [0.5, 0.6) is 0 Å². The van der Waals surface area contributed by atoms with Gasteiger partial charge in [-0.2, -0.15) is 5.10 Å². The van der Waals surface area contributed by atoms with Crippen molar-refractivity contribution in [1.29, 1.82) is 0 Å². The Hall–Kier alpha value is -3.27. The van der Waals surface area contributed by atoms with Crippen LogP contribution in [-0.2, 0) is 9.47 Å². The smallest absolute Gasteiger partial charge is 0.412 e. The monoisotopic (exact) mass is 442 g/mol. The van der Waals surface area contributed by atoms with E-state index in [1.54, 1.807) is 34.6 Å². The maximum Gasteiger partial charge on any atom is 0.412 e. The number of benzene rings is 1. The van der Waals surface area contributed by atoms with Crippen LogP contribution in [0.2, 0.25) is 0 Å². The van der Waals surface area contributed by atoms with Crippen LogP contribution in [0.15, 0.2) is 36.5 Å². The Balaban J connectivity index is 1.65. The average molecular weight is 443 g/mol. The van der Waals surface area contributed by atoms with E-state index >= 15 is 0 Å². The summed E-state index contributed by atoms with van der Waals surface area (Å²) in [4.78, 5) is 31.1. The van der Waals surface area contributed by atoms with Crippen molar-refractivity contribution >= 4 is 18.1 Å². The molecule has 0 unspecified atom stereocenters. The molecular formula is C22H30N6O4. The lowest BCUT2D eigenvalue weighted by Crippen LogP contribution is -2.53. The highest BCUT2D eigenvalue weighted by Crippen LogP contribution is 2.33. The lowest BCUT2D eigenvalue weighted by atomic mass is 10.1. The van der Waals surface area contributed by atoms with E-state index in [1.807, 2.05) is 37.3 Å². The summed E-state index contributed by atoms with van der Waals surface area (Å²) in [6, 6.07) is 8.53. The molecule has 2 heterocycles. The predicted octanol–water partition coefficient (Wildman–Crippen LogP) is 3.42. The minimum Gasteiger partial charge on any atom is -0.444 e. The summed E-state index contributed by atoms with van der Waals surface area (Å²) >= 11 is 0. The van der Waals surface area contributed by atoms with Crippen LogP contribution < -0.4 is 10.6 Å². The third-order valence-corrected chi connectivity index (χ3v) is 4.84. The van der Waals surface area contributed by atoms with Crippen molar-refractivity contribution in [3.8, 4) is 11.3 Å². The summed E-state index contributed by atoms with van der Waals surface area (Å²) in [5.74, 6) is 0.0731. The average Bonchev–Trinajstić information content (AvgIpc) is 2.93. The minimum absolute atomic E-state index is 0.0731. The molecule has 0 aliphatic carbocycles. The molecule has 0 spiro atoms. The van der Waals surface area contributed by atoms with E-state index < -0.39 is 29.5 Å². The van der Waals surface area contributed by atoms with E-state index in [-0.39, 0.29) is 18.6 Å². The number of amides is 3. The van der Waals surface area contributed by atoms with Gasteiger partial charge in [-0.25, -0.2) is 14.6 Å². The van der Waals surface area contributed by atoms with Crippen molar-refractivity contribution in [3.63, 3.8) is 0 Å². The van der Waals surface area contributed by atoms with Crippen LogP contribution in [0, 0.1) is 0 Å². The van der Waals surface area contributed by atoms with Gasteiger partial charge in [-0.1, -0.05) is 30.3 Å². The van der Waals surface area contributed by atoms with E-state index in [4.69, 9.17) is 9.47 Å². The Morgan fingerprint density at radius 2 is 1.91 bits per heavy atom. The lowest BCUT2D eigenvalue weighted by Gasteiger charge is -2.35. The first-order chi connectivity index (χ1) is 15.0. The van der Waals surface area contributed by atoms with Gasteiger partial charge in [0.15, 0.2) is 0 Å². The molecule has 1 aliphatic rings. The number of nitrogens with one attached hydrogen (secondary N) is 2. The minimum atomic E-state index is -0.873. The van der Waals surface area contributed by atoms with Crippen molar-refractivity contribution in [2.75, 3.05) is 11.9 Å². The van der Waals surface area contributed by atoms with Gasteiger partial charge in [0.25, 0.3) is 5.95 Å². The van der Waals surface area contributed by atoms with Gasteiger partial charge in [0.05, 0.1) is 24.0 Å². The standard InChI is InChI=1S/C22H30N6O4/c1-14-17(28(22(5,6)31-14)20(30)32-21(2,3)4)13-23-19(29)26-18-25-16(12-24-27-18)15-10-8-7-9-11-15/h7-12,14,17H,13H2,1-6H3,(H2,23,25,26,27,29)/t14-,17-/m1/s1. The lowest BCUT2D eigenvalue weighted by molar-refractivity contribution is -0.0756. The molecule has 10 nitrogen and oxygen atoms in total. The van der Waals surface area contributed by atoms with E-state index in [0.29, 0.717) is 5.69 Å². The second-order valence-electron chi connectivity index (χ2n) is 9.05. The van der Waals surface area contributed by atoms with Crippen molar-refractivity contribution in [1.82, 2.24) is 25.4 Å². The van der Waals surface area contributed by atoms with Crippen LogP contribution in [0.25, 0.3) is 11.3 Å². The summed E-state index contributed by atoms with van der Waals surface area (Å²) in [5, 5.41) is 13.1. The molecule has 0 radical (unpaired) electrons. The zero-order valence-corrected chi connectivity index (χ0v) is 19.2. The van der Waals surface area contributed by atoms with Crippen molar-refractivity contribution in [2.24, 2.45) is 0 Å². The number of ether oxygens (including phenoxy) is 2. The van der Waals surface area contributed by atoms with Gasteiger partial charge in [0.2, 0.25) is 0 Å². The van der Waals surface area contributed by atoms with Gasteiger partial charge in [-0.3, -0.25) is 10.2 Å². The molecule has 1 aliphatic heterocycles. The molecule has 1 aromatic heterocycles. The van der Waals surface area contributed by atoms with E-state index in [9.17, 15) is 9.59 Å². The molecule has 1 fully saturated rings. The van der Waals surface area contributed by atoms with Crippen molar-refractivity contribution in [2.45, 2.75) is 65.0 Å². The molecule has 3 amide bonds. The quantitative estimate of drug-likeness (QED) is 0.745. The number of carbonyl (C=O) groups is 2. The first kappa shape index (κ1) is 23.4. The third-order valence-electron chi connectivity index (χ3n) is 4.84. The van der Waals surface area contributed by atoms with Gasteiger partial charge in [-0.15, -0.1) is 5.10 Å². The van der Waals surface area contributed by atoms with E-state index in [1.165, 1.54) is 11.1 Å². The molecule has 10 heteroatoms. The Morgan fingerprint density at radius 1 is 1.22 bits per heavy atom. The fourth-order valence-corrected chi connectivity index (χ4v) is 3.57. The van der Waals surface area contributed by atoms with Crippen LogP contribution >= 0.6 is 0 Å². The molecule has 2 N–H and O–H groups in total. The predicted molar refractivity (Wildman–Crippen MR) is 119 cm³/mol. The zero-order chi connectivity index (χ0) is 23.5.